The average molecular weight is 215 g/mol. The van der Waals surface area contributed by atoms with E-state index in [1.165, 1.54) is 0 Å². The number of carbonyl (C=O) groups excluding carboxylic acids is 1. The third kappa shape index (κ3) is 1.28. The van der Waals surface area contributed by atoms with Crippen molar-refractivity contribution < 1.29 is 9.90 Å². The van der Waals surface area contributed by atoms with Crippen LogP contribution < -0.4 is 0 Å². The lowest BCUT2D eigenvalue weighted by Crippen LogP contribution is -2.33. The van der Waals surface area contributed by atoms with Crippen LogP contribution in [0, 0.1) is 0 Å². The standard InChI is InChI=1S/C13H13NO2/c15-8-9-2-3-10-7-12(14-11(10)6-9)13(16)4-1-5-13/h2-3,6-8,14,16H,1,4-5H2. The minimum absolute atomic E-state index is 0.654. The SMILES string of the molecule is O=Cc1ccc2cc(C3(O)CCC3)[nH]c2c1. The lowest BCUT2D eigenvalue weighted by atomic mass is 9.78. The molecule has 0 aliphatic heterocycles. The summed E-state index contributed by atoms with van der Waals surface area (Å²) in [4.78, 5) is 13.9. The molecule has 0 radical (unpaired) electrons. The highest BCUT2D eigenvalue weighted by atomic mass is 16.3. The quantitative estimate of drug-likeness (QED) is 0.755. The molecule has 1 saturated carbocycles. The first-order chi connectivity index (χ1) is 7.71. The molecule has 2 N–H and O–H groups in total. The number of hydrogen-bond acceptors (Lipinski definition) is 2. The van der Waals surface area contributed by atoms with Crippen LogP contribution in [0.2, 0.25) is 0 Å². The Morgan fingerprint density at radius 1 is 1.31 bits per heavy atom. The third-order valence-corrected chi connectivity index (χ3v) is 3.46. The van der Waals surface area contributed by atoms with Gasteiger partial charge in [-0.3, -0.25) is 4.79 Å². The molecule has 1 heterocycles. The number of aromatic nitrogens is 1. The molecular weight excluding hydrogens is 202 g/mol. The Morgan fingerprint density at radius 2 is 2.12 bits per heavy atom. The van der Waals surface area contributed by atoms with Crippen molar-refractivity contribution in [2.75, 3.05) is 0 Å². The van der Waals surface area contributed by atoms with Crippen molar-refractivity contribution in [1.29, 1.82) is 0 Å². The Bertz CT molecular complexity index is 552. The Hall–Kier alpha value is -1.61. The number of H-pyrrole nitrogens is 1. The normalized spacial score (nSPS) is 18.3. The number of aliphatic hydroxyl groups is 1. The highest BCUT2D eigenvalue weighted by Crippen LogP contribution is 2.41. The van der Waals surface area contributed by atoms with Gasteiger partial charge in [-0.05, 0) is 36.8 Å². The fourth-order valence-corrected chi connectivity index (χ4v) is 2.25. The number of fused-ring (bicyclic) bond motifs is 1. The number of nitrogens with one attached hydrogen (secondary N) is 1. The van der Waals surface area contributed by atoms with Crippen molar-refractivity contribution in [3.05, 3.63) is 35.5 Å². The van der Waals surface area contributed by atoms with E-state index in [-0.39, 0.29) is 0 Å². The summed E-state index contributed by atoms with van der Waals surface area (Å²) in [7, 11) is 0. The molecule has 1 fully saturated rings. The summed E-state index contributed by atoms with van der Waals surface area (Å²) in [6.45, 7) is 0. The molecule has 1 aliphatic carbocycles. The molecule has 1 aromatic carbocycles. The van der Waals surface area contributed by atoms with Gasteiger partial charge in [-0.1, -0.05) is 12.1 Å². The van der Waals surface area contributed by atoms with E-state index < -0.39 is 5.60 Å². The molecule has 1 aliphatic rings. The third-order valence-electron chi connectivity index (χ3n) is 3.46. The Morgan fingerprint density at radius 3 is 2.75 bits per heavy atom. The molecule has 16 heavy (non-hydrogen) atoms. The molecule has 0 saturated heterocycles. The van der Waals surface area contributed by atoms with E-state index in [0.29, 0.717) is 5.56 Å². The minimum Gasteiger partial charge on any atom is -0.384 e. The van der Waals surface area contributed by atoms with Crippen LogP contribution in [0.5, 0.6) is 0 Å². The maximum atomic E-state index is 10.7. The first kappa shape index (κ1) is 9.60. The number of aldehydes is 1. The topological polar surface area (TPSA) is 53.1 Å². The van der Waals surface area contributed by atoms with Crippen LogP contribution in [0.15, 0.2) is 24.3 Å². The molecule has 0 spiro atoms. The average Bonchev–Trinajstić information content (AvgIpc) is 2.68. The fourth-order valence-electron chi connectivity index (χ4n) is 2.25. The predicted octanol–water partition coefficient (Wildman–Crippen LogP) is 2.35. The maximum absolute atomic E-state index is 10.7. The first-order valence-corrected chi connectivity index (χ1v) is 5.52. The Labute approximate surface area is 93.1 Å². The van der Waals surface area contributed by atoms with E-state index in [4.69, 9.17) is 0 Å². The second kappa shape index (κ2) is 3.19. The van der Waals surface area contributed by atoms with E-state index in [9.17, 15) is 9.90 Å². The van der Waals surface area contributed by atoms with Crippen LogP contribution in [-0.4, -0.2) is 16.4 Å². The van der Waals surface area contributed by atoms with Gasteiger partial charge >= 0.3 is 0 Å². The lowest BCUT2D eigenvalue weighted by molar-refractivity contribution is -0.0420. The molecule has 82 valence electrons. The number of rotatable bonds is 2. The smallest absolute Gasteiger partial charge is 0.150 e. The van der Waals surface area contributed by atoms with Gasteiger partial charge < -0.3 is 10.1 Å². The number of benzene rings is 1. The van der Waals surface area contributed by atoms with E-state index in [0.717, 1.165) is 42.1 Å². The molecule has 1 aromatic heterocycles. The second-order valence-electron chi connectivity index (χ2n) is 4.53. The zero-order valence-corrected chi connectivity index (χ0v) is 8.86. The van der Waals surface area contributed by atoms with Gasteiger partial charge in [0, 0.05) is 16.8 Å². The van der Waals surface area contributed by atoms with Crippen LogP contribution in [0.3, 0.4) is 0 Å². The lowest BCUT2D eigenvalue weighted by Gasteiger charge is -2.35. The highest BCUT2D eigenvalue weighted by molar-refractivity contribution is 5.87. The largest absolute Gasteiger partial charge is 0.384 e. The van der Waals surface area contributed by atoms with Gasteiger partial charge in [0.05, 0.1) is 0 Å². The summed E-state index contributed by atoms with van der Waals surface area (Å²) in [6.07, 6.45) is 3.55. The summed E-state index contributed by atoms with van der Waals surface area (Å²) < 4.78 is 0. The molecule has 3 heteroatoms. The van der Waals surface area contributed by atoms with Crippen molar-refractivity contribution >= 4 is 17.2 Å². The van der Waals surface area contributed by atoms with Crippen LogP contribution in [0.1, 0.15) is 35.3 Å². The van der Waals surface area contributed by atoms with Gasteiger partial charge in [0.25, 0.3) is 0 Å². The second-order valence-corrected chi connectivity index (χ2v) is 4.53. The molecule has 0 unspecified atom stereocenters. The molecular formula is C13H13NO2. The van der Waals surface area contributed by atoms with Crippen molar-refractivity contribution in [2.24, 2.45) is 0 Å². The number of aromatic amines is 1. The van der Waals surface area contributed by atoms with Gasteiger partial charge in [0.2, 0.25) is 0 Å². The van der Waals surface area contributed by atoms with E-state index >= 15 is 0 Å². The zero-order chi connectivity index (χ0) is 11.2. The summed E-state index contributed by atoms with van der Waals surface area (Å²) in [5, 5.41) is 11.3. The highest BCUT2D eigenvalue weighted by Gasteiger charge is 2.37. The van der Waals surface area contributed by atoms with E-state index in [1.54, 1.807) is 6.07 Å². The van der Waals surface area contributed by atoms with Gasteiger partial charge in [-0.25, -0.2) is 0 Å². The molecule has 0 bridgehead atoms. The number of carbonyl (C=O) groups is 1. The van der Waals surface area contributed by atoms with E-state index in [2.05, 4.69) is 4.98 Å². The van der Waals surface area contributed by atoms with Crippen LogP contribution in [0.4, 0.5) is 0 Å². The van der Waals surface area contributed by atoms with Gasteiger partial charge in [-0.15, -0.1) is 0 Å². The Kier molecular flexibility index (Phi) is 1.91. The molecule has 2 aromatic rings. The first-order valence-electron chi connectivity index (χ1n) is 5.52. The molecule has 3 rings (SSSR count). The minimum atomic E-state index is -0.666. The summed E-state index contributed by atoms with van der Waals surface area (Å²) >= 11 is 0. The van der Waals surface area contributed by atoms with Crippen LogP contribution in [0.25, 0.3) is 10.9 Å². The van der Waals surface area contributed by atoms with Gasteiger partial charge in [-0.2, -0.15) is 0 Å². The summed E-state index contributed by atoms with van der Waals surface area (Å²) in [6, 6.07) is 7.48. The number of hydrogen-bond donors (Lipinski definition) is 2. The van der Waals surface area contributed by atoms with Crippen LogP contribution in [-0.2, 0) is 5.60 Å². The van der Waals surface area contributed by atoms with Crippen molar-refractivity contribution in [3.63, 3.8) is 0 Å². The predicted molar refractivity (Wildman–Crippen MR) is 61.4 cm³/mol. The van der Waals surface area contributed by atoms with Crippen LogP contribution >= 0.6 is 0 Å². The van der Waals surface area contributed by atoms with Gasteiger partial charge in [0.1, 0.15) is 11.9 Å². The summed E-state index contributed by atoms with van der Waals surface area (Å²) in [5.41, 5.74) is 1.78. The fraction of sp³-hybridized carbons (Fsp3) is 0.308. The van der Waals surface area contributed by atoms with E-state index in [1.807, 2.05) is 18.2 Å². The molecule has 3 nitrogen and oxygen atoms in total. The van der Waals surface area contributed by atoms with Crippen molar-refractivity contribution in [3.8, 4) is 0 Å². The summed E-state index contributed by atoms with van der Waals surface area (Å²) in [5.74, 6) is 0. The van der Waals surface area contributed by atoms with Crippen molar-refractivity contribution in [1.82, 2.24) is 4.98 Å². The van der Waals surface area contributed by atoms with Gasteiger partial charge in [0.15, 0.2) is 0 Å². The molecule has 0 atom stereocenters. The molecule has 0 amide bonds. The monoisotopic (exact) mass is 215 g/mol. The van der Waals surface area contributed by atoms with Crippen molar-refractivity contribution in [2.45, 2.75) is 24.9 Å². The maximum Gasteiger partial charge on any atom is 0.150 e. The zero-order valence-electron chi connectivity index (χ0n) is 8.86. The Balaban J connectivity index is 2.12.